The number of fused-ring (bicyclic) bond motifs is 1. The third kappa shape index (κ3) is 3.16. The average Bonchev–Trinajstić information content (AvgIpc) is 3.13. The summed E-state index contributed by atoms with van der Waals surface area (Å²) in [6.07, 6.45) is 2.15. The van der Waals surface area contributed by atoms with Gasteiger partial charge in [0, 0.05) is 21.1 Å². The van der Waals surface area contributed by atoms with Gasteiger partial charge in [0.05, 0.1) is 24.0 Å². The van der Waals surface area contributed by atoms with Crippen LogP contribution in [0.5, 0.6) is 0 Å². The molecule has 0 radical (unpaired) electrons. The van der Waals surface area contributed by atoms with Gasteiger partial charge in [0.2, 0.25) is 10.0 Å². The van der Waals surface area contributed by atoms with Gasteiger partial charge in [-0.3, -0.25) is 23.4 Å². The first-order valence-electron chi connectivity index (χ1n) is 8.50. The van der Waals surface area contributed by atoms with Crippen LogP contribution in [0, 0.1) is 13.8 Å². The first-order chi connectivity index (χ1) is 13.4. The van der Waals surface area contributed by atoms with Crippen LogP contribution in [0.15, 0.2) is 15.9 Å². The Morgan fingerprint density at radius 1 is 1.14 bits per heavy atom. The quantitative estimate of drug-likeness (QED) is 0.513. The van der Waals surface area contributed by atoms with Crippen molar-refractivity contribution < 1.29 is 13.2 Å². The van der Waals surface area contributed by atoms with Crippen molar-refractivity contribution in [3.8, 4) is 0 Å². The number of hydrogen-bond donors (Lipinski definition) is 0. The normalized spacial score (nSPS) is 11.9. The van der Waals surface area contributed by atoms with E-state index < -0.39 is 33.7 Å². The van der Waals surface area contributed by atoms with Gasteiger partial charge in [-0.1, -0.05) is 0 Å². The molecule has 0 atom stereocenters. The Labute approximate surface area is 165 Å². The van der Waals surface area contributed by atoms with E-state index in [1.165, 1.54) is 34.2 Å². The van der Waals surface area contributed by atoms with E-state index in [4.69, 9.17) is 0 Å². The zero-order valence-electron chi connectivity index (χ0n) is 16.9. The lowest BCUT2D eigenvalue weighted by molar-refractivity contribution is -0.117. The predicted molar refractivity (Wildman–Crippen MR) is 105 cm³/mol. The van der Waals surface area contributed by atoms with Crippen molar-refractivity contribution in [1.29, 1.82) is 0 Å². The molecule has 0 spiro atoms. The summed E-state index contributed by atoms with van der Waals surface area (Å²) >= 11 is 0. The van der Waals surface area contributed by atoms with Crippen molar-refractivity contribution in [2.24, 2.45) is 21.1 Å². The summed E-state index contributed by atoms with van der Waals surface area (Å²) < 4.78 is 30.3. The van der Waals surface area contributed by atoms with Crippen LogP contribution >= 0.6 is 0 Å². The minimum atomic E-state index is -3.98. The number of rotatable bonds is 4. The Hall–Kier alpha value is -3.22. The summed E-state index contributed by atoms with van der Waals surface area (Å²) in [4.78, 5) is 41.7. The van der Waals surface area contributed by atoms with Crippen molar-refractivity contribution >= 4 is 32.8 Å². The lowest BCUT2D eigenvalue weighted by Gasteiger charge is -2.21. The Balaban J connectivity index is 2.16. The highest BCUT2D eigenvalue weighted by molar-refractivity contribution is 7.92. The number of carbonyl (C=O) groups excluding carboxylic acids is 1. The van der Waals surface area contributed by atoms with Crippen LogP contribution in [0.2, 0.25) is 0 Å². The number of aromatic nitrogens is 6. The average molecular weight is 423 g/mol. The molecule has 3 rings (SSSR count). The number of aryl methyl sites for hydroxylation is 3. The molecule has 0 fully saturated rings. The number of imidazole rings is 1. The minimum Gasteiger partial charge on any atom is -0.315 e. The van der Waals surface area contributed by atoms with E-state index in [1.807, 2.05) is 0 Å². The molecule has 0 aliphatic rings. The largest absolute Gasteiger partial charge is 0.332 e. The fourth-order valence-corrected chi connectivity index (χ4v) is 4.28. The molecule has 0 unspecified atom stereocenters. The van der Waals surface area contributed by atoms with Gasteiger partial charge < -0.3 is 4.57 Å². The van der Waals surface area contributed by atoms with Crippen LogP contribution < -0.4 is 15.6 Å². The molecule has 0 aliphatic carbocycles. The maximum atomic E-state index is 13.0. The maximum Gasteiger partial charge on any atom is 0.332 e. The second kappa shape index (κ2) is 6.69. The van der Waals surface area contributed by atoms with Crippen LogP contribution in [0.25, 0.3) is 11.2 Å². The second-order valence-corrected chi connectivity index (χ2v) is 8.65. The minimum absolute atomic E-state index is 0.0241. The molecular formula is C16H21N7O5S. The van der Waals surface area contributed by atoms with E-state index >= 15 is 0 Å². The molecule has 0 aliphatic heterocycles. The predicted octanol–water partition coefficient (Wildman–Crippen LogP) is -1.22. The van der Waals surface area contributed by atoms with Gasteiger partial charge >= 0.3 is 5.69 Å². The van der Waals surface area contributed by atoms with Gasteiger partial charge in [0.15, 0.2) is 11.2 Å². The number of amides is 1. The van der Waals surface area contributed by atoms with Crippen LogP contribution in [0.1, 0.15) is 11.4 Å². The van der Waals surface area contributed by atoms with Gasteiger partial charge in [-0.15, -0.1) is 0 Å². The lowest BCUT2D eigenvalue weighted by atomic mass is 10.3. The van der Waals surface area contributed by atoms with Crippen molar-refractivity contribution in [2.75, 3.05) is 10.6 Å². The molecule has 0 saturated heterocycles. The van der Waals surface area contributed by atoms with Crippen LogP contribution in [-0.2, 0) is 42.5 Å². The number of hydrogen-bond acceptors (Lipinski definition) is 7. The molecule has 0 saturated carbocycles. The third-order valence-electron chi connectivity index (χ3n) is 4.75. The van der Waals surface area contributed by atoms with Crippen molar-refractivity contribution in [1.82, 2.24) is 28.5 Å². The number of nitrogens with zero attached hydrogens (tertiary/aromatic N) is 7. The van der Waals surface area contributed by atoms with Crippen molar-refractivity contribution in [3.63, 3.8) is 0 Å². The zero-order valence-corrected chi connectivity index (χ0v) is 17.7. The molecule has 3 aromatic heterocycles. The van der Waals surface area contributed by atoms with Crippen molar-refractivity contribution in [3.05, 3.63) is 38.6 Å². The number of carbonyl (C=O) groups is 1. The molecule has 29 heavy (non-hydrogen) atoms. The molecule has 13 heteroatoms. The molecule has 12 nitrogen and oxygen atoms in total. The summed E-state index contributed by atoms with van der Waals surface area (Å²) in [6.45, 7) is 2.79. The molecule has 0 aromatic carbocycles. The highest BCUT2D eigenvalue weighted by atomic mass is 32.2. The summed E-state index contributed by atoms with van der Waals surface area (Å²) in [6, 6.07) is 0. The molecular weight excluding hydrogens is 402 g/mol. The number of anilines is 1. The van der Waals surface area contributed by atoms with Gasteiger partial charge in [0.1, 0.15) is 12.2 Å². The Morgan fingerprint density at radius 2 is 1.76 bits per heavy atom. The van der Waals surface area contributed by atoms with E-state index in [1.54, 1.807) is 20.9 Å². The molecule has 3 heterocycles. The molecule has 1 amide bonds. The fourth-order valence-electron chi connectivity index (χ4n) is 3.26. The maximum absolute atomic E-state index is 13.0. The summed E-state index contributed by atoms with van der Waals surface area (Å²) in [5, 5.41) is 4.17. The SMILES string of the molecule is Cc1nn(C)c(C)c1N(C(=O)Cn1cnc2c1c(=O)n(C)c(=O)n2C)S(C)(=O)=O. The van der Waals surface area contributed by atoms with Gasteiger partial charge in [0.25, 0.3) is 11.5 Å². The second-order valence-electron chi connectivity index (χ2n) is 6.81. The third-order valence-corrected chi connectivity index (χ3v) is 5.80. The Morgan fingerprint density at radius 3 is 2.28 bits per heavy atom. The Bertz CT molecular complexity index is 1370. The first kappa shape index (κ1) is 20.5. The van der Waals surface area contributed by atoms with E-state index in [0.717, 1.165) is 10.8 Å². The van der Waals surface area contributed by atoms with E-state index in [-0.39, 0.29) is 16.9 Å². The fraction of sp³-hybridized carbons (Fsp3) is 0.438. The van der Waals surface area contributed by atoms with E-state index in [9.17, 15) is 22.8 Å². The first-order valence-corrected chi connectivity index (χ1v) is 10.3. The van der Waals surface area contributed by atoms with E-state index in [0.29, 0.717) is 15.7 Å². The highest BCUT2D eigenvalue weighted by Gasteiger charge is 2.31. The zero-order chi connectivity index (χ0) is 21.8. The van der Waals surface area contributed by atoms with Crippen LogP contribution in [0.4, 0.5) is 5.69 Å². The van der Waals surface area contributed by atoms with Gasteiger partial charge in [-0.2, -0.15) is 5.10 Å². The summed E-state index contributed by atoms with van der Waals surface area (Å²) in [7, 11) is 0.430. The van der Waals surface area contributed by atoms with Crippen LogP contribution in [-0.4, -0.2) is 49.0 Å². The van der Waals surface area contributed by atoms with Gasteiger partial charge in [-0.05, 0) is 13.8 Å². The lowest BCUT2D eigenvalue weighted by Crippen LogP contribution is -2.40. The standard InChI is InChI=1S/C16H21N7O5S/c1-9-12(10(2)21(5)18-9)23(29(6,27)28)11(24)7-22-8-17-14-13(22)15(25)20(4)16(26)19(14)3/h8H,7H2,1-6H3. The Kier molecular flexibility index (Phi) is 4.73. The highest BCUT2D eigenvalue weighted by Crippen LogP contribution is 2.26. The smallest absolute Gasteiger partial charge is 0.315 e. The van der Waals surface area contributed by atoms with Crippen molar-refractivity contribution in [2.45, 2.75) is 20.4 Å². The van der Waals surface area contributed by atoms with Gasteiger partial charge in [-0.25, -0.2) is 22.5 Å². The molecule has 0 bridgehead atoms. The monoisotopic (exact) mass is 423 g/mol. The summed E-state index contributed by atoms with van der Waals surface area (Å²) in [5.74, 6) is -0.790. The molecule has 3 aromatic rings. The van der Waals surface area contributed by atoms with Crippen LogP contribution in [0.3, 0.4) is 0 Å². The molecule has 156 valence electrons. The summed E-state index contributed by atoms with van der Waals surface area (Å²) in [5.41, 5.74) is -0.0227. The number of sulfonamides is 1. The van der Waals surface area contributed by atoms with E-state index in [2.05, 4.69) is 10.1 Å². The topological polar surface area (TPSA) is 134 Å². The molecule has 0 N–H and O–H groups in total.